The van der Waals surface area contributed by atoms with Crippen LogP contribution in [0.25, 0.3) is 0 Å². The van der Waals surface area contributed by atoms with Crippen LogP contribution in [0.2, 0.25) is 0 Å². The van der Waals surface area contributed by atoms with Crippen molar-refractivity contribution in [2.45, 2.75) is 26.9 Å². The van der Waals surface area contributed by atoms with Crippen molar-refractivity contribution in [1.29, 1.82) is 0 Å². The van der Waals surface area contributed by atoms with Gasteiger partial charge in [0.05, 0.1) is 18.4 Å². The standard InChI is InChI=1S/C18H18BrF2NO3/c1-10-7-12(17(20)21)16(8-11(10)2)25-9-13-14(19)5-4-6-15(13)22-18(23)24-3/h4-8,17H,9H2,1-3H3,(H,22,23). The fourth-order valence-electron chi connectivity index (χ4n) is 2.24. The van der Waals surface area contributed by atoms with Gasteiger partial charge in [-0.2, -0.15) is 0 Å². The molecule has 0 aromatic heterocycles. The number of nitrogens with one attached hydrogen (secondary N) is 1. The van der Waals surface area contributed by atoms with Gasteiger partial charge in [-0.05, 0) is 49.2 Å². The molecule has 0 saturated heterocycles. The molecule has 2 aromatic carbocycles. The van der Waals surface area contributed by atoms with Gasteiger partial charge in [-0.15, -0.1) is 0 Å². The molecule has 25 heavy (non-hydrogen) atoms. The van der Waals surface area contributed by atoms with Crippen molar-refractivity contribution in [1.82, 2.24) is 0 Å². The Morgan fingerprint density at radius 2 is 1.92 bits per heavy atom. The van der Waals surface area contributed by atoms with Crippen LogP contribution in [0.5, 0.6) is 5.75 Å². The van der Waals surface area contributed by atoms with Gasteiger partial charge in [0.2, 0.25) is 0 Å². The first-order valence-corrected chi connectivity index (χ1v) is 8.27. The highest BCUT2D eigenvalue weighted by Gasteiger charge is 2.17. The van der Waals surface area contributed by atoms with Gasteiger partial charge in [-0.3, -0.25) is 5.32 Å². The van der Waals surface area contributed by atoms with E-state index in [-0.39, 0.29) is 17.9 Å². The topological polar surface area (TPSA) is 47.6 Å². The van der Waals surface area contributed by atoms with Crippen LogP contribution in [0.3, 0.4) is 0 Å². The number of hydrogen-bond acceptors (Lipinski definition) is 3. The molecule has 0 aliphatic heterocycles. The summed E-state index contributed by atoms with van der Waals surface area (Å²) in [6.45, 7) is 3.61. The summed E-state index contributed by atoms with van der Waals surface area (Å²) < 4.78 is 37.5. The van der Waals surface area contributed by atoms with Gasteiger partial charge >= 0.3 is 6.09 Å². The number of carbonyl (C=O) groups is 1. The SMILES string of the molecule is COC(=O)Nc1cccc(Br)c1COc1cc(C)c(C)cc1C(F)F. The van der Waals surface area contributed by atoms with Gasteiger partial charge < -0.3 is 9.47 Å². The largest absolute Gasteiger partial charge is 0.488 e. The molecule has 0 aliphatic carbocycles. The molecule has 7 heteroatoms. The lowest BCUT2D eigenvalue weighted by Crippen LogP contribution is -2.13. The van der Waals surface area contributed by atoms with Crippen molar-refractivity contribution in [2.24, 2.45) is 0 Å². The Bertz CT molecular complexity index is 781. The van der Waals surface area contributed by atoms with Crippen molar-refractivity contribution in [2.75, 3.05) is 12.4 Å². The third-order valence-corrected chi connectivity index (χ3v) is 4.52. The molecule has 0 saturated carbocycles. The summed E-state index contributed by atoms with van der Waals surface area (Å²) in [6.07, 6.45) is -3.26. The maximum atomic E-state index is 13.3. The molecule has 4 nitrogen and oxygen atoms in total. The number of halogens is 3. The molecule has 1 N–H and O–H groups in total. The summed E-state index contributed by atoms with van der Waals surface area (Å²) in [4.78, 5) is 11.5. The van der Waals surface area contributed by atoms with Crippen LogP contribution in [0, 0.1) is 13.8 Å². The van der Waals surface area contributed by atoms with Crippen molar-refractivity contribution < 1.29 is 23.0 Å². The Labute approximate surface area is 153 Å². The summed E-state index contributed by atoms with van der Waals surface area (Å²) in [6, 6.07) is 8.22. The first kappa shape index (κ1) is 19.2. The maximum absolute atomic E-state index is 13.3. The fraction of sp³-hybridized carbons (Fsp3) is 0.278. The monoisotopic (exact) mass is 413 g/mol. The third-order valence-electron chi connectivity index (χ3n) is 3.77. The van der Waals surface area contributed by atoms with Crippen LogP contribution in [0.1, 0.15) is 28.7 Å². The molecule has 1 amide bonds. The zero-order valence-electron chi connectivity index (χ0n) is 14.0. The zero-order chi connectivity index (χ0) is 18.6. The quantitative estimate of drug-likeness (QED) is 0.677. The summed E-state index contributed by atoms with van der Waals surface area (Å²) in [5, 5.41) is 2.58. The molecular weight excluding hydrogens is 396 g/mol. The second-order valence-corrected chi connectivity index (χ2v) is 6.30. The molecule has 0 aliphatic rings. The van der Waals surface area contributed by atoms with Gasteiger partial charge in [0.25, 0.3) is 6.43 Å². The summed E-state index contributed by atoms with van der Waals surface area (Å²) in [7, 11) is 1.26. The normalized spacial score (nSPS) is 10.7. The molecule has 2 aromatic rings. The molecule has 0 unspecified atom stereocenters. The van der Waals surface area contributed by atoms with Gasteiger partial charge in [-0.1, -0.05) is 22.0 Å². The molecule has 0 atom stereocenters. The number of carbonyl (C=O) groups excluding carboxylic acids is 1. The number of rotatable bonds is 5. The van der Waals surface area contributed by atoms with E-state index in [4.69, 9.17) is 4.74 Å². The molecule has 0 spiro atoms. The minimum absolute atomic E-state index is 0.00295. The number of amides is 1. The van der Waals surface area contributed by atoms with E-state index in [1.807, 2.05) is 6.92 Å². The van der Waals surface area contributed by atoms with Gasteiger partial charge in [0.15, 0.2) is 0 Å². The predicted molar refractivity (Wildman–Crippen MR) is 95.4 cm³/mol. The Balaban J connectivity index is 2.30. The first-order valence-electron chi connectivity index (χ1n) is 7.48. The average Bonchev–Trinajstić information content (AvgIpc) is 2.56. The zero-order valence-corrected chi connectivity index (χ0v) is 15.6. The van der Waals surface area contributed by atoms with E-state index in [1.54, 1.807) is 31.2 Å². The molecule has 2 rings (SSSR count). The van der Waals surface area contributed by atoms with Crippen LogP contribution < -0.4 is 10.1 Å². The molecule has 0 bridgehead atoms. The van der Waals surface area contributed by atoms with E-state index < -0.39 is 12.5 Å². The number of methoxy groups -OCH3 is 1. The van der Waals surface area contributed by atoms with Gasteiger partial charge in [0, 0.05) is 10.0 Å². The minimum atomic E-state index is -2.64. The van der Waals surface area contributed by atoms with E-state index in [1.165, 1.54) is 13.2 Å². The van der Waals surface area contributed by atoms with E-state index in [0.717, 1.165) is 11.1 Å². The van der Waals surface area contributed by atoms with E-state index in [0.29, 0.717) is 15.7 Å². The van der Waals surface area contributed by atoms with Crippen LogP contribution in [-0.4, -0.2) is 13.2 Å². The number of alkyl halides is 2. The van der Waals surface area contributed by atoms with Crippen molar-refractivity contribution in [3.8, 4) is 5.75 Å². The summed E-state index contributed by atoms with van der Waals surface area (Å²) in [5.41, 5.74) is 2.57. The van der Waals surface area contributed by atoms with Crippen LogP contribution in [0.4, 0.5) is 19.3 Å². The van der Waals surface area contributed by atoms with E-state index in [9.17, 15) is 13.6 Å². The third kappa shape index (κ3) is 4.69. The van der Waals surface area contributed by atoms with Crippen molar-refractivity contribution in [3.63, 3.8) is 0 Å². The number of aryl methyl sites for hydroxylation is 2. The molecule has 0 heterocycles. The lowest BCUT2D eigenvalue weighted by Gasteiger charge is -2.16. The number of ether oxygens (including phenoxy) is 2. The molecule has 134 valence electrons. The van der Waals surface area contributed by atoms with Crippen LogP contribution >= 0.6 is 15.9 Å². The molecule has 0 fully saturated rings. The van der Waals surface area contributed by atoms with Gasteiger partial charge in [-0.25, -0.2) is 13.6 Å². The van der Waals surface area contributed by atoms with Crippen molar-refractivity contribution in [3.05, 3.63) is 57.1 Å². The summed E-state index contributed by atoms with van der Waals surface area (Å²) >= 11 is 3.39. The number of hydrogen-bond donors (Lipinski definition) is 1. The highest BCUT2D eigenvalue weighted by molar-refractivity contribution is 9.10. The molecule has 0 radical (unpaired) electrons. The fourth-order valence-corrected chi connectivity index (χ4v) is 2.72. The van der Waals surface area contributed by atoms with E-state index >= 15 is 0 Å². The smallest absolute Gasteiger partial charge is 0.411 e. The Hall–Kier alpha value is -2.15. The van der Waals surface area contributed by atoms with E-state index in [2.05, 4.69) is 26.0 Å². The summed E-state index contributed by atoms with van der Waals surface area (Å²) in [5.74, 6) is 0.123. The Morgan fingerprint density at radius 1 is 1.24 bits per heavy atom. The highest BCUT2D eigenvalue weighted by Crippen LogP contribution is 2.33. The number of anilines is 1. The average molecular weight is 414 g/mol. The van der Waals surface area contributed by atoms with Gasteiger partial charge in [0.1, 0.15) is 12.4 Å². The number of benzene rings is 2. The van der Waals surface area contributed by atoms with Crippen LogP contribution in [0.15, 0.2) is 34.8 Å². The van der Waals surface area contributed by atoms with Crippen molar-refractivity contribution >= 4 is 27.7 Å². The Morgan fingerprint density at radius 3 is 2.56 bits per heavy atom. The molecular formula is C18H18BrF2NO3. The predicted octanol–water partition coefficient (Wildman–Crippen LogP) is 5.76. The van der Waals surface area contributed by atoms with Crippen LogP contribution in [-0.2, 0) is 11.3 Å². The highest BCUT2D eigenvalue weighted by atomic mass is 79.9. The lowest BCUT2D eigenvalue weighted by molar-refractivity contribution is 0.144. The first-order chi connectivity index (χ1) is 11.8. The second-order valence-electron chi connectivity index (χ2n) is 5.45. The Kier molecular flexibility index (Phi) is 6.36. The lowest BCUT2D eigenvalue weighted by atomic mass is 10.1. The minimum Gasteiger partial charge on any atom is -0.488 e. The second kappa shape index (κ2) is 8.29. The maximum Gasteiger partial charge on any atom is 0.411 e.